The molecule has 0 saturated carbocycles. The second-order valence-corrected chi connectivity index (χ2v) is 5.70. The number of aromatic nitrogens is 1. The van der Waals surface area contributed by atoms with E-state index in [2.05, 4.69) is 21.1 Å². The molecule has 7 heteroatoms. The van der Waals surface area contributed by atoms with Gasteiger partial charge in [-0.3, -0.25) is 4.79 Å². The van der Waals surface area contributed by atoms with Gasteiger partial charge in [-0.15, -0.1) is 0 Å². The van der Waals surface area contributed by atoms with Gasteiger partial charge in [-0.1, -0.05) is 33.2 Å². The number of nitrogens with zero attached hydrogens (tertiary/aromatic N) is 2. The highest BCUT2D eigenvalue weighted by molar-refractivity contribution is 9.10. The fourth-order valence-corrected chi connectivity index (χ4v) is 1.98. The fourth-order valence-electron chi connectivity index (χ4n) is 1.72. The first-order chi connectivity index (χ1) is 10.5. The van der Waals surface area contributed by atoms with Crippen LogP contribution in [0.25, 0.3) is 0 Å². The monoisotopic (exact) mass is 366 g/mol. The minimum atomic E-state index is -0.703. The number of halogens is 1. The minimum Gasteiger partial charge on any atom is -0.450 e. The molecule has 0 spiro atoms. The van der Waals surface area contributed by atoms with E-state index < -0.39 is 5.97 Å². The van der Waals surface area contributed by atoms with E-state index in [-0.39, 0.29) is 18.3 Å². The summed E-state index contributed by atoms with van der Waals surface area (Å²) in [6.45, 7) is 1.79. The molecular weight excluding hydrogens is 352 g/mol. The number of hydrogen-bond donors (Lipinski definition) is 0. The lowest BCUT2D eigenvalue weighted by Crippen LogP contribution is -2.30. The molecule has 0 aliphatic rings. The molecule has 0 fully saturated rings. The highest BCUT2D eigenvalue weighted by Gasteiger charge is 2.17. The molecule has 1 heterocycles. The molecule has 0 radical (unpaired) electrons. The van der Waals surface area contributed by atoms with E-state index in [1.54, 1.807) is 14.0 Å². The third kappa shape index (κ3) is 4.42. The van der Waals surface area contributed by atoms with E-state index in [1.807, 2.05) is 24.3 Å². The van der Waals surface area contributed by atoms with Crippen molar-refractivity contribution in [3.05, 3.63) is 51.8 Å². The second kappa shape index (κ2) is 7.22. The normalized spacial score (nSPS) is 10.3. The maximum atomic E-state index is 11.9. The molecule has 2 rings (SSSR count). The fraction of sp³-hybridized carbons (Fsp3) is 0.267. The molecule has 1 aromatic heterocycles. The van der Waals surface area contributed by atoms with Crippen LogP contribution in [-0.4, -0.2) is 35.6 Å². The summed E-state index contributed by atoms with van der Waals surface area (Å²) in [6.07, 6.45) is 0. The van der Waals surface area contributed by atoms with Gasteiger partial charge in [0, 0.05) is 24.1 Å². The number of esters is 1. The molecule has 0 bridgehead atoms. The zero-order valence-electron chi connectivity index (χ0n) is 12.2. The molecule has 0 saturated heterocycles. The highest BCUT2D eigenvalue weighted by Crippen LogP contribution is 2.12. The number of likely N-dealkylation sites (N-methyl/N-ethyl adjacent to an activating group) is 1. The van der Waals surface area contributed by atoms with Crippen LogP contribution in [-0.2, 0) is 16.1 Å². The van der Waals surface area contributed by atoms with Crippen LogP contribution in [0.4, 0.5) is 0 Å². The van der Waals surface area contributed by atoms with Crippen molar-refractivity contribution in [3.8, 4) is 0 Å². The number of ether oxygens (including phenoxy) is 1. The van der Waals surface area contributed by atoms with Crippen LogP contribution in [0.2, 0.25) is 0 Å². The van der Waals surface area contributed by atoms with Gasteiger partial charge >= 0.3 is 5.97 Å². The van der Waals surface area contributed by atoms with Crippen LogP contribution in [0.15, 0.2) is 39.3 Å². The van der Waals surface area contributed by atoms with Crippen LogP contribution in [0.5, 0.6) is 0 Å². The van der Waals surface area contributed by atoms with E-state index in [0.29, 0.717) is 12.2 Å². The SMILES string of the molecule is Cc1cc(C(=O)OCC(=O)N(C)Cc2ccc(Br)cc2)on1. The smallest absolute Gasteiger partial charge is 0.377 e. The molecule has 22 heavy (non-hydrogen) atoms. The van der Waals surface area contributed by atoms with Gasteiger partial charge in [0.15, 0.2) is 6.61 Å². The summed E-state index contributed by atoms with van der Waals surface area (Å²) in [5.74, 6) is -1.01. The average molecular weight is 367 g/mol. The zero-order chi connectivity index (χ0) is 16.1. The molecule has 1 amide bonds. The quantitative estimate of drug-likeness (QED) is 0.760. The van der Waals surface area contributed by atoms with Crippen LogP contribution in [0.3, 0.4) is 0 Å². The molecular formula is C15H15BrN2O4. The second-order valence-electron chi connectivity index (χ2n) is 4.78. The van der Waals surface area contributed by atoms with Crippen molar-refractivity contribution in [3.63, 3.8) is 0 Å². The van der Waals surface area contributed by atoms with E-state index in [0.717, 1.165) is 10.0 Å². The zero-order valence-corrected chi connectivity index (χ0v) is 13.8. The van der Waals surface area contributed by atoms with E-state index >= 15 is 0 Å². The van der Waals surface area contributed by atoms with Crippen molar-refractivity contribution in [2.45, 2.75) is 13.5 Å². The Balaban J connectivity index is 1.83. The Hall–Kier alpha value is -2.15. The number of benzene rings is 1. The lowest BCUT2D eigenvalue weighted by molar-refractivity contribution is -0.133. The molecule has 0 atom stereocenters. The predicted molar refractivity (Wildman–Crippen MR) is 82.1 cm³/mol. The van der Waals surface area contributed by atoms with Crippen LogP contribution in [0, 0.1) is 6.92 Å². The molecule has 0 unspecified atom stereocenters. The first-order valence-electron chi connectivity index (χ1n) is 6.54. The van der Waals surface area contributed by atoms with E-state index in [9.17, 15) is 9.59 Å². The Morgan fingerprint density at radius 3 is 2.59 bits per heavy atom. The summed E-state index contributed by atoms with van der Waals surface area (Å²) in [6, 6.07) is 9.09. The number of rotatable bonds is 5. The average Bonchev–Trinajstić information content (AvgIpc) is 2.93. The van der Waals surface area contributed by atoms with Crippen molar-refractivity contribution >= 4 is 27.8 Å². The molecule has 2 aromatic rings. The summed E-state index contributed by atoms with van der Waals surface area (Å²) in [7, 11) is 1.65. The van der Waals surface area contributed by atoms with Crippen molar-refractivity contribution < 1.29 is 18.8 Å². The molecule has 1 aromatic carbocycles. The van der Waals surface area contributed by atoms with Gasteiger partial charge in [0.2, 0.25) is 5.76 Å². The van der Waals surface area contributed by atoms with Crippen molar-refractivity contribution in [1.82, 2.24) is 10.1 Å². The largest absolute Gasteiger partial charge is 0.450 e. The maximum Gasteiger partial charge on any atom is 0.377 e. The summed E-state index contributed by atoms with van der Waals surface area (Å²) in [5, 5.41) is 3.59. The number of carbonyl (C=O) groups excluding carboxylic acids is 2. The molecule has 0 aliphatic heterocycles. The molecule has 116 valence electrons. The van der Waals surface area contributed by atoms with Gasteiger partial charge in [0.1, 0.15) is 0 Å². The summed E-state index contributed by atoms with van der Waals surface area (Å²) >= 11 is 3.35. The lowest BCUT2D eigenvalue weighted by Gasteiger charge is -2.17. The number of carbonyl (C=O) groups is 2. The number of aryl methyl sites for hydroxylation is 1. The Kier molecular flexibility index (Phi) is 5.32. The van der Waals surface area contributed by atoms with Gasteiger partial charge in [-0.05, 0) is 24.6 Å². The van der Waals surface area contributed by atoms with Crippen molar-refractivity contribution in [1.29, 1.82) is 0 Å². The van der Waals surface area contributed by atoms with Crippen LogP contribution in [0.1, 0.15) is 21.8 Å². The number of amides is 1. The summed E-state index contributed by atoms with van der Waals surface area (Å²) in [4.78, 5) is 25.1. The lowest BCUT2D eigenvalue weighted by atomic mass is 10.2. The number of hydrogen-bond acceptors (Lipinski definition) is 5. The van der Waals surface area contributed by atoms with Crippen LogP contribution < -0.4 is 0 Å². The summed E-state index contributed by atoms with van der Waals surface area (Å²) in [5.41, 5.74) is 1.56. The van der Waals surface area contributed by atoms with Crippen molar-refractivity contribution in [2.75, 3.05) is 13.7 Å². The highest BCUT2D eigenvalue weighted by atomic mass is 79.9. The standard InChI is InChI=1S/C15H15BrN2O4/c1-10-7-13(22-17-10)15(20)21-9-14(19)18(2)8-11-3-5-12(16)6-4-11/h3-7H,8-9H2,1-2H3. The van der Waals surface area contributed by atoms with Crippen molar-refractivity contribution in [2.24, 2.45) is 0 Å². The third-order valence-corrected chi connectivity index (χ3v) is 3.44. The van der Waals surface area contributed by atoms with E-state index in [4.69, 9.17) is 9.26 Å². The topological polar surface area (TPSA) is 72.6 Å². The maximum absolute atomic E-state index is 11.9. The van der Waals surface area contributed by atoms with Gasteiger partial charge in [-0.2, -0.15) is 0 Å². The third-order valence-electron chi connectivity index (χ3n) is 2.91. The Morgan fingerprint density at radius 2 is 2.00 bits per heavy atom. The van der Waals surface area contributed by atoms with Gasteiger partial charge < -0.3 is 14.2 Å². The predicted octanol–water partition coefficient (Wildman–Crippen LogP) is 2.56. The molecule has 0 N–H and O–H groups in total. The first kappa shape index (κ1) is 16.2. The summed E-state index contributed by atoms with van der Waals surface area (Å²) < 4.78 is 10.7. The first-order valence-corrected chi connectivity index (χ1v) is 7.34. The molecule has 6 nitrogen and oxygen atoms in total. The molecule has 0 aliphatic carbocycles. The van der Waals surface area contributed by atoms with E-state index in [1.165, 1.54) is 11.0 Å². The Labute approximate surface area is 136 Å². The Bertz CT molecular complexity index is 666. The Morgan fingerprint density at radius 1 is 1.32 bits per heavy atom. The van der Waals surface area contributed by atoms with Crippen LogP contribution >= 0.6 is 15.9 Å². The minimum absolute atomic E-state index is 0.0131. The van der Waals surface area contributed by atoms with Gasteiger partial charge in [0.05, 0.1) is 5.69 Å². The van der Waals surface area contributed by atoms with Gasteiger partial charge in [0.25, 0.3) is 5.91 Å². The van der Waals surface area contributed by atoms with Gasteiger partial charge in [-0.25, -0.2) is 4.79 Å².